The molecule has 1 heterocycles. The van der Waals surface area contributed by atoms with Crippen molar-refractivity contribution in [2.75, 3.05) is 6.61 Å². The summed E-state index contributed by atoms with van der Waals surface area (Å²) in [7, 11) is 0. The lowest BCUT2D eigenvalue weighted by molar-refractivity contribution is -0.134. The maximum atomic E-state index is 12.7. The number of halogens is 1. The molecule has 170 valence electrons. The Morgan fingerprint density at radius 2 is 1.97 bits per heavy atom. The molecule has 12 heteroatoms. The standard InChI is InChI=1S/C19H26BrN5O6/c1-9(27)24-15-12(25-19(21)22)6-14(31-17(15)16(29)13(28)8-26)18(30)23-7-10-4-2-3-5-11(10)20/h2-6,12-13,15-17,26,28-29H,7-8H2,1H3,(H,23,30)(H,24,27)(H4,21,22,25)/t12-,13+,15+,16+,17+/m0/s1. The number of carbonyl (C=O) groups is 2. The van der Waals surface area contributed by atoms with Crippen LogP contribution in [-0.4, -0.2) is 70.1 Å². The van der Waals surface area contributed by atoms with Crippen LogP contribution in [0.25, 0.3) is 0 Å². The average Bonchev–Trinajstić information content (AvgIpc) is 2.72. The highest BCUT2D eigenvalue weighted by Gasteiger charge is 2.43. The summed E-state index contributed by atoms with van der Waals surface area (Å²) in [5.74, 6) is -1.63. The molecule has 0 fully saturated rings. The van der Waals surface area contributed by atoms with Crippen LogP contribution >= 0.6 is 15.9 Å². The number of carbonyl (C=O) groups excluding carboxylic acids is 2. The minimum Gasteiger partial charge on any atom is -0.480 e. The van der Waals surface area contributed by atoms with Gasteiger partial charge in [-0.05, 0) is 17.7 Å². The molecule has 2 amide bonds. The van der Waals surface area contributed by atoms with E-state index in [1.807, 2.05) is 24.3 Å². The average molecular weight is 500 g/mol. The SMILES string of the molecule is CC(=O)N[C@H]1[C@H]([C@H](O)[C@H](O)CO)OC(C(=O)NCc2ccccc2Br)=C[C@@H]1N=C(N)N. The Hall–Kier alpha value is -2.67. The molecule has 0 spiro atoms. The van der Waals surface area contributed by atoms with Gasteiger partial charge in [-0.15, -0.1) is 0 Å². The van der Waals surface area contributed by atoms with E-state index in [2.05, 4.69) is 31.6 Å². The third-order valence-electron chi connectivity index (χ3n) is 4.51. The summed E-state index contributed by atoms with van der Waals surface area (Å²) < 4.78 is 6.43. The van der Waals surface area contributed by atoms with Crippen molar-refractivity contribution in [3.05, 3.63) is 46.1 Å². The van der Waals surface area contributed by atoms with Gasteiger partial charge in [-0.25, -0.2) is 4.99 Å². The summed E-state index contributed by atoms with van der Waals surface area (Å²) in [5, 5.41) is 34.8. The Morgan fingerprint density at radius 3 is 2.55 bits per heavy atom. The zero-order valence-corrected chi connectivity index (χ0v) is 18.3. The molecule has 0 saturated carbocycles. The zero-order valence-electron chi connectivity index (χ0n) is 16.7. The summed E-state index contributed by atoms with van der Waals surface area (Å²) in [6.07, 6.45) is -3.26. The van der Waals surface area contributed by atoms with Crippen LogP contribution in [0.2, 0.25) is 0 Å². The first-order valence-corrected chi connectivity index (χ1v) is 10.2. The normalized spacial score (nSPS) is 22.4. The Bertz CT molecular complexity index is 860. The second-order valence-corrected chi connectivity index (χ2v) is 7.75. The smallest absolute Gasteiger partial charge is 0.286 e. The minimum absolute atomic E-state index is 0.176. The van der Waals surface area contributed by atoms with Crippen LogP contribution in [0.3, 0.4) is 0 Å². The van der Waals surface area contributed by atoms with Crippen molar-refractivity contribution in [3.8, 4) is 0 Å². The number of aliphatic hydroxyl groups is 3. The molecule has 1 aliphatic heterocycles. The first-order valence-electron chi connectivity index (χ1n) is 9.37. The van der Waals surface area contributed by atoms with E-state index in [1.54, 1.807) is 0 Å². The summed E-state index contributed by atoms with van der Waals surface area (Å²) in [5.41, 5.74) is 11.8. The van der Waals surface area contributed by atoms with Gasteiger partial charge in [-0.1, -0.05) is 34.1 Å². The van der Waals surface area contributed by atoms with Gasteiger partial charge in [-0.2, -0.15) is 0 Å². The van der Waals surface area contributed by atoms with Gasteiger partial charge in [0.2, 0.25) is 5.91 Å². The van der Waals surface area contributed by atoms with Crippen molar-refractivity contribution in [2.24, 2.45) is 16.5 Å². The second kappa shape index (κ2) is 11.1. The van der Waals surface area contributed by atoms with Crippen molar-refractivity contribution in [2.45, 2.75) is 43.9 Å². The van der Waals surface area contributed by atoms with Gasteiger partial charge in [0.15, 0.2) is 11.7 Å². The zero-order chi connectivity index (χ0) is 23.1. The van der Waals surface area contributed by atoms with E-state index in [4.69, 9.17) is 16.2 Å². The monoisotopic (exact) mass is 499 g/mol. The van der Waals surface area contributed by atoms with Crippen LogP contribution in [0.5, 0.6) is 0 Å². The number of amides is 2. The van der Waals surface area contributed by atoms with Gasteiger partial charge < -0.3 is 42.2 Å². The maximum absolute atomic E-state index is 12.7. The molecule has 0 aliphatic carbocycles. The third kappa shape index (κ3) is 6.66. The molecule has 31 heavy (non-hydrogen) atoms. The van der Waals surface area contributed by atoms with E-state index in [-0.39, 0.29) is 18.3 Å². The summed E-state index contributed by atoms with van der Waals surface area (Å²) in [4.78, 5) is 28.4. The topological polar surface area (TPSA) is 193 Å². The number of benzene rings is 1. The van der Waals surface area contributed by atoms with Gasteiger partial charge in [0, 0.05) is 17.9 Å². The molecule has 0 saturated heterocycles. The first kappa shape index (κ1) is 24.6. The molecule has 0 aromatic heterocycles. The van der Waals surface area contributed by atoms with Crippen LogP contribution in [-0.2, 0) is 20.9 Å². The summed E-state index contributed by atoms with van der Waals surface area (Å²) in [6.45, 7) is 0.645. The number of nitrogens with zero attached hydrogens (tertiary/aromatic N) is 1. The van der Waals surface area contributed by atoms with Crippen molar-refractivity contribution >= 4 is 33.7 Å². The number of ether oxygens (including phenoxy) is 1. The molecule has 1 aromatic rings. The fourth-order valence-electron chi connectivity index (χ4n) is 3.05. The Morgan fingerprint density at radius 1 is 1.29 bits per heavy atom. The molecular formula is C19H26BrN5O6. The minimum atomic E-state index is -1.65. The highest BCUT2D eigenvalue weighted by Crippen LogP contribution is 2.25. The molecule has 0 bridgehead atoms. The molecule has 2 rings (SSSR count). The van der Waals surface area contributed by atoms with Crippen LogP contribution in [0.15, 0.2) is 45.6 Å². The number of rotatable bonds is 8. The fourth-order valence-corrected chi connectivity index (χ4v) is 3.47. The Kier molecular flexibility index (Phi) is 8.80. The van der Waals surface area contributed by atoms with Gasteiger partial charge in [0.1, 0.15) is 18.3 Å². The van der Waals surface area contributed by atoms with Gasteiger partial charge >= 0.3 is 0 Å². The van der Waals surface area contributed by atoms with E-state index in [0.29, 0.717) is 0 Å². The molecule has 1 aromatic carbocycles. The quantitative estimate of drug-likeness (QED) is 0.161. The molecular weight excluding hydrogens is 474 g/mol. The van der Waals surface area contributed by atoms with Gasteiger partial charge in [0.25, 0.3) is 5.91 Å². The molecule has 5 atom stereocenters. The molecule has 0 unspecified atom stereocenters. The first-order chi connectivity index (χ1) is 14.6. The van der Waals surface area contributed by atoms with E-state index in [9.17, 15) is 24.9 Å². The largest absolute Gasteiger partial charge is 0.480 e. The van der Waals surface area contributed by atoms with Gasteiger partial charge in [-0.3, -0.25) is 9.59 Å². The lowest BCUT2D eigenvalue weighted by atomic mass is 9.92. The van der Waals surface area contributed by atoms with Crippen LogP contribution in [0.1, 0.15) is 12.5 Å². The molecule has 1 aliphatic rings. The lowest BCUT2D eigenvalue weighted by Gasteiger charge is -2.39. The Balaban J connectivity index is 2.33. The van der Waals surface area contributed by atoms with Crippen LogP contribution in [0, 0.1) is 0 Å². The van der Waals surface area contributed by atoms with E-state index in [0.717, 1.165) is 10.0 Å². The number of nitrogens with one attached hydrogen (secondary N) is 2. The van der Waals surface area contributed by atoms with Crippen molar-refractivity contribution in [1.82, 2.24) is 10.6 Å². The van der Waals surface area contributed by atoms with E-state index in [1.165, 1.54) is 13.0 Å². The lowest BCUT2D eigenvalue weighted by Crippen LogP contribution is -2.60. The summed E-state index contributed by atoms with van der Waals surface area (Å²) in [6, 6.07) is 5.31. The maximum Gasteiger partial charge on any atom is 0.286 e. The van der Waals surface area contributed by atoms with Gasteiger partial charge in [0.05, 0.1) is 18.7 Å². The highest BCUT2D eigenvalue weighted by molar-refractivity contribution is 9.10. The summed E-state index contributed by atoms with van der Waals surface area (Å²) >= 11 is 3.39. The van der Waals surface area contributed by atoms with Crippen molar-refractivity contribution in [3.63, 3.8) is 0 Å². The number of hydrogen-bond donors (Lipinski definition) is 7. The number of hydrogen-bond acceptors (Lipinski definition) is 7. The Labute approximate surface area is 187 Å². The number of aliphatic hydroxyl groups excluding tert-OH is 3. The fraction of sp³-hybridized carbons (Fsp3) is 0.421. The predicted molar refractivity (Wildman–Crippen MR) is 115 cm³/mol. The highest BCUT2D eigenvalue weighted by atomic mass is 79.9. The molecule has 0 radical (unpaired) electrons. The van der Waals surface area contributed by atoms with Crippen molar-refractivity contribution in [1.29, 1.82) is 0 Å². The number of guanidine groups is 1. The van der Waals surface area contributed by atoms with Crippen LogP contribution in [0.4, 0.5) is 0 Å². The number of nitrogens with two attached hydrogens (primary N) is 2. The van der Waals surface area contributed by atoms with E-state index >= 15 is 0 Å². The second-order valence-electron chi connectivity index (χ2n) is 6.90. The predicted octanol–water partition coefficient (Wildman–Crippen LogP) is -1.79. The third-order valence-corrected chi connectivity index (χ3v) is 5.29. The molecule has 9 N–H and O–H groups in total. The number of aliphatic imine (C=N–C) groups is 1. The van der Waals surface area contributed by atoms with E-state index < -0.39 is 48.8 Å². The van der Waals surface area contributed by atoms with Crippen molar-refractivity contribution < 1.29 is 29.6 Å². The molecule has 11 nitrogen and oxygen atoms in total. The van der Waals surface area contributed by atoms with Crippen LogP contribution < -0.4 is 22.1 Å².